The van der Waals surface area contributed by atoms with Crippen molar-refractivity contribution in [2.45, 2.75) is 19.2 Å². The third-order valence-corrected chi connectivity index (χ3v) is 3.92. The molecule has 0 spiro atoms. The highest BCUT2D eigenvalue weighted by Gasteiger charge is 2.10. The minimum absolute atomic E-state index is 0.112. The normalized spacial score (nSPS) is 10.7. The van der Waals surface area contributed by atoms with Crippen molar-refractivity contribution in [2.24, 2.45) is 0 Å². The molecule has 2 aromatic heterocycles. The molecule has 24 heavy (non-hydrogen) atoms. The molecule has 1 N–H and O–H groups in total. The van der Waals surface area contributed by atoms with E-state index in [0.717, 1.165) is 5.69 Å². The number of carbonyl (C=O) groups excluding carboxylic acids is 1. The van der Waals surface area contributed by atoms with Gasteiger partial charge in [-0.05, 0) is 29.5 Å². The Kier molecular flexibility index (Phi) is 5.16. The van der Waals surface area contributed by atoms with Gasteiger partial charge in [-0.1, -0.05) is 23.4 Å². The lowest BCUT2D eigenvalue weighted by Gasteiger charge is -2.06. The number of hydrogen-bond acceptors (Lipinski definition) is 8. The van der Waals surface area contributed by atoms with Crippen LogP contribution in [0, 0.1) is 6.92 Å². The van der Waals surface area contributed by atoms with Crippen LogP contribution in [0.2, 0.25) is 0 Å². The Morgan fingerprint density at radius 3 is 2.92 bits per heavy atom. The fourth-order valence-corrected chi connectivity index (χ4v) is 2.63. The zero-order valence-corrected chi connectivity index (χ0v) is 13.7. The maximum absolute atomic E-state index is 11.9. The monoisotopic (exact) mass is 345 g/mol. The van der Waals surface area contributed by atoms with Crippen molar-refractivity contribution in [3.05, 3.63) is 47.9 Å². The molecule has 0 atom stereocenters. The van der Waals surface area contributed by atoms with Crippen molar-refractivity contribution >= 4 is 17.7 Å². The smallest absolute Gasteiger partial charge is 0.236 e. The number of aryl methyl sites for hydroxylation is 1. The molecule has 3 aromatic rings. The van der Waals surface area contributed by atoms with Gasteiger partial charge in [0.25, 0.3) is 0 Å². The predicted octanol–water partition coefficient (Wildman–Crippen LogP) is 0.903. The van der Waals surface area contributed by atoms with Crippen LogP contribution in [0.4, 0.5) is 0 Å². The SMILES string of the molecule is Cc1noc(CSCC(=O)NCc2nnnn2-c2ccccc2)n1. The number of nitrogens with zero attached hydrogens (tertiary/aromatic N) is 6. The van der Waals surface area contributed by atoms with Crippen LogP contribution in [0.25, 0.3) is 5.69 Å². The Labute approximate surface area is 141 Å². The summed E-state index contributed by atoms with van der Waals surface area (Å²) in [5.74, 6) is 2.33. The third-order valence-electron chi connectivity index (χ3n) is 3.01. The van der Waals surface area contributed by atoms with Gasteiger partial charge < -0.3 is 9.84 Å². The Morgan fingerprint density at radius 1 is 1.33 bits per heavy atom. The zero-order chi connectivity index (χ0) is 16.8. The van der Waals surface area contributed by atoms with E-state index in [0.29, 0.717) is 23.3 Å². The molecule has 2 heterocycles. The van der Waals surface area contributed by atoms with E-state index < -0.39 is 0 Å². The molecule has 124 valence electrons. The summed E-state index contributed by atoms with van der Waals surface area (Å²) in [6, 6.07) is 9.50. The molecule has 0 fully saturated rings. The number of tetrazole rings is 1. The molecule has 0 saturated heterocycles. The molecule has 1 aromatic carbocycles. The molecule has 0 unspecified atom stereocenters. The highest BCUT2D eigenvalue weighted by Crippen LogP contribution is 2.10. The van der Waals surface area contributed by atoms with Gasteiger partial charge in [0, 0.05) is 0 Å². The van der Waals surface area contributed by atoms with Crippen molar-refractivity contribution in [1.29, 1.82) is 0 Å². The van der Waals surface area contributed by atoms with E-state index in [1.807, 2.05) is 30.3 Å². The van der Waals surface area contributed by atoms with Gasteiger partial charge in [0.15, 0.2) is 11.6 Å². The number of rotatable bonds is 7. The predicted molar refractivity (Wildman–Crippen MR) is 86.2 cm³/mol. The van der Waals surface area contributed by atoms with Gasteiger partial charge in [0.2, 0.25) is 11.8 Å². The van der Waals surface area contributed by atoms with Crippen LogP contribution in [0.1, 0.15) is 17.5 Å². The first-order valence-corrected chi connectivity index (χ1v) is 8.34. The lowest BCUT2D eigenvalue weighted by molar-refractivity contribution is -0.118. The van der Waals surface area contributed by atoms with Crippen molar-refractivity contribution in [2.75, 3.05) is 5.75 Å². The standard InChI is InChI=1S/C14H15N7O2S/c1-10-16-14(23-18-10)9-24-8-13(22)15-7-12-17-19-20-21(12)11-5-3-2-4-6-11/h2-6H,7-9H2,1H3,(H,15,22). The van der Waals surface area contributed by atoms with E-state index >= 15 is 0 Å². The lowest BCUT2D eigenvalue weighted by atomic mass is 10.3. The lowest BCUT2D eigenvalue weighted by Crippen LogP contribution is -2.26. The maximum Gasteiger partial charge on any atom is 0.236 e. The second-order valence-corrected chi connectivity index (χ2v) is 5.83. The second kappa shape index (κ2) is 7.68. The number of amides is 1. The number of para-hydroxylation sites is 1. The maximum atomic E-state index is 11.9. The van der Waals surface area contributed by atoms with Crippen LogP contribution >= 0.6 is 11.8 Å². The van der Waals surface area contributed by atoms with Gasteiger partial charge in [-0.3, -0.25) is 4.79 Å². The average molecular weight is 345 g/mol. The van der Waals surface area contributed by atoms with Crippen molar-refractivity contribution in [1.82, 2.24) is 35.7 Å². The summed E-state index contributed by atoms with van der Waals surface area (Å²) < 4.78 is 6.58. The minimum atomic E-state index is -0.112. The molecule has 0 aliphatic heterocycles. The molecule has 1 amide bonds. The largest absolute Gasteiger partial charge is 0.348 e. The highest BCUT2D eigenvalue weighted by atomic mass is 32.2. The van der Waals surface area contributed by atoms with Crippen molar-refractivity contribution < 1.29 is 9.32 Å². The first kappa shape index (κ1) is 16.1. The van der Waals surface area contributed by atoms with Gasteiger partial charge in [0.1, 0.15) is 0 Å². The quantitative estimate of drug-likeness (QED) is 0.672. The zero-order valence-electron chi connectivity index (χ0n) is 12.9. The summed E-state index contributed by atoms with van der Waals surface area (Å²) in [7, 11) is 0. The summed E-state index contributed by atoms with van der Waals surface area (Å²) in [6.45, 7) is 2.00. The fourth-order valence-electron chi connectivity index (χ4n) is 1.94. The van der Waals surface area contributed by atoms with Gasteiger partial charge >= 0.3 is 0 Å². The van der Waals surface area contributed by atoms with Gasteiger partial charge in [0.05, 0.1) is 23.7 Å². The molecule has 10 heteroatoms. The van der Waals surface area contributed by atoms with Crippen LogP contribution in [-0.4, -0.2) is 42.0 Å². The fraction of sp³-hybridized carbons (Fsp3) is 0.286. The number of carbonyl (C=O) groups is 1. The highest BCUT2D eigenvalue weighted by molar-refractivity contribution is 7.99. The van der Waals surface area contributed by atoms with E-state index in [2.05, 4.69) is 31.0 Å². The molecular formula is C14H15N7O2S. The number of benzene rings is 1. The Bertz CT molecular complexity index is 802. The van der Waals surface area contributed by atoms with Crippen LogP contribution in [0.5, 0.6) is 0 Å². The van der Waals surface area contributed by atoms with Crippen LogP contribution in [0.3, 0.4) is 0 Å². The van der Waals surface area contributed by atoms with Crippen LogP contribution < -0.4 is 5.32 Å². The number of thioether (sulfide) groups is 1. The summed E-state index contributed by atoms with van der Waals surface area (Å²) in [4.78, 5) is 16.0. The number of hydrogen-bond donors (Lipinski definition) is 1. The van der Waals surface area contributed by atoms with Crippen LogP contribution in [-0.2, 0) is 17.1 Å². The van der Waals surface area contributed by atoms with E-state index in [-0.39, 0.29) is 18.2 Å². The summed E-state index contributed by atoms with van der Waals surface area (Å²) in [5, 5.41) is 18.0. The van der Waals surface area contributed by atoms with Crippen LogP contribution in [0.15, 0.2) is 34.9 Å². The first-order chi connectivity index (χ1) is 11.7. The van der Waals surface area contributed by atoms with E-state index in [4.69, 9.17) is 4.52 Å². The number of nitrogens with one attached hydrogen (secondary N) is 1. The van der Waals surface area contributed by atoms with E-state index in [9.17, 15) is 4.79 Å². The second-order valence-electron chi connectivity index (χ2n) is 4.85. The summed E-state index contributed by atoms with van der Waals surface area (Å²) in [6.07, 6.45) is 0. The number of aromatic nitrogens is 6. The molecule has 9 nitrogen and oxygen atoms in total. The van der Waals surface area contributed by atoms with Gasteiger partial charge in [-0.2, -0.15) is 9.67 Å². The summed E-state index contributed by atoms with van der Waals surface area (Å²) in [5.41, 5.74) is 0.841. The van der Waals surface area contributed by atoms with Crippen molar-refractivity contribution in [3.8, 4) is 5.69 Å². The molecule has 0 radical (unpaired) electrons. The topological polar surface area (TPSA) is 112 Å². The van der Waals surface area contributed by atoms with Gasteiger partial charge in [-0.25, -0.2) is 0 Å². The molecule has 0 aliphatic carbocycles. The molecular weight excluding hydrogens is 330 g/mol. The Hall–Kier alpha value is -2.75. The molecule has 0 bridgehead atoms. The third kappa shape index (κ3) is 4.16. The van der Waals surface area contributed by atoms with Gasteiger partial charge in [-0.15, -0.1) is 16.9 Å². The molecule has 3 rings (SSSR count). The van der Waals surface area contributed by atoms with E-state index in [1.165, 1.54) is 11.8 Å². The van der Waals surface area contributed by atoms with E-state index in [1.54, 1.807) is 11.6 Å². The minimum Gasteiger partial charge on any atom is -0.348 e. The Balaban J connectivity index is 1.48. The first-order valence-electron chi connectivity index (χ1n) is 7.18. The summed E-state index contributed by atoms with van der Waals surface area (Å²) >= 11 is 1.40. The molecule has 0 saturated carbocycles. The average Bonchev–Trinajstić information content (AvgIpc) is 3.23. The Morgan fingerprint density at radius 2 is 2.17 bits per heavy atom. The van der Waals surface area contributed by atoms with Crippen molar-refractivity contribution in [3.63, 3.8) is 0 Å². The molecule has 0 aliphatic rings.